The lowest BCUT2D eigenvalue weighted by Gasteiger charge is -2.16. The van der Waals surface area contributed by atoms with E-state index in [1.807, 2.05) is 24.3 Å². The highest BCUT2D eigenvalue weighted by Gasteiger charge is 2.08. The summed E-state index contributed by atoms with van der Waals surface area (Å²) in [6.45, 7) is 3.44. The summed E-state index contributed by atoms with van der Waals surface area (Å²) in [5.74, 6) is -0.0934. The molecule has 1 amide bonds. The molecule has 0 N–H and O–H groups in total. The highest BCUT2D eigenvalue weighted by atomic mass is 127. The minimum Gasteiger partial charge on any atom is -0.311 e. The first-order valence-electron chi connectivity index (χ1n) is 3.81. The summed E-state index contributed by atoms with van der Waals surface area (Å²) in [6.07, 6.45) is 1.31. The van der Waals surface area contributed by atoms with E-state index in [2.05, 4.69) is 29.2 Å². The molecule has 0 aliphatic heterocycles. The van der Waals surface area contributed by atoms with Crippen LogP contribution in [0.4, 0.5) is 5.69 Å². The number of benzene rings is 1. The van der Waals surface area contributed by atoms with Gasteiger partial charge in [-0.05, 0) is 40.8 Å². The van der Waals surface area contributed by atoms with Gasteiger partial charge in [0.25, 0.3) is 0 Å². The Hall–Kier alpha value is -0.840. The zero-order valence-corrected chi connectivity index (χ0v) is 9.48. The van der Waals surface area contributed by atoms with Crippen molar-refractivity contribution in [1.29, 1.82) is 0 Å². The van der Waals surface area contributed by atoms with Crippen molar-refractivity contribution in [1.82, 2.24) is 0 Å². The lowest BCUT2D eigenvalue weighted by molar-refractivity contribution is -0.113. The summed E-state index contributed by atoms with van der Waals surface area (Å²) in [4.78, 5) is 12.8. The Morgan fingerprint density at radius 3 is 2.69 bits per heavy atom. The summed E-state index contributed by atoms with van der Waals surface area (Å²) in [7, 11) is 1.74. The fraction of sp³-hybridized carbons (Fsp3) is 0.100. The highest BCUT2D eigenvalue weighted by molar-refractivity contribution is 14.1. The second-order valence-electron chi connectivity index (χ2n) is 2.55. The van der Waals surface area contributed by atoms with Gasteiger partial charge >= 0.3 is 0 Å². The van der Waals surface area contributed by atoms with Gasteiger partial charge in [-0.15, -0.1) is 0 Å². The molecule has 0 fully saturated rings. The number of nitrogens with zero attached hydrogens (tertiary/aromatic N) is 1. The number of carbonyl (C=O) groups is 1. The fourth-order valence-corrected chi connectivity index (χ4v) is 1.73. The van der Waals surface area contributed by atoms with E-state index >= 15 is 0 Å². The summed E-state index contributed by atoms with van der Waals surface area (Å²) < 4.78 is 1.05. The number of carbonyl (C=O) groups excluding carboxylic acids is 1. The standard InChI is InChI=1S/C10H10INO/c1-3-10(13)12(2)9-7-5-4-6-8(9)11/h3-7H,1H2,2H3. The third kappa shape index (κ3) is 2.30. The molecule has 68 valence electrons. The Labute approximate surface area is 91.4 Å². The van der Waals surface area contributed by atoms with E-state index in [-0.39, 0.29) is 5.91 Å². The van der Waals surface area contributed by atoms with Gasteiger partial charge in [0, 0.05) is 10.6 Å². The molecule has 0 radical (unpaired) electrons. The molecular formula is C10H10INO. The smallest absolute Gasteiger partial charge is 0.250 e. The Morgan fingerprint density at radius 2 is 2.15 bits per heavy atom. The molecule has 0 bridgehead atoms. The fourth-order valence-electron chi connectivity index (χ4n) is 0.979. The van der Waals surface area contributed by atoms with Crippen molar-refractivity contribution in [3.8, 4) is 0 Å². The second-order valence-corrected chi connectivity index (χ2v) is 3.71. The number of halogens is 1. The van der Waals surface area contributed by atoms with E-state index in [1.165, 1.54) is 6.08 Å². The van der Waals surface area contributed by atoms with E-state index in [4.69, 9.17) is 0 Å². The lowest BCUT2D eigenvalue weighted by atomic mass is 10.3. The van der Waals surface area contributed by atoms with Gasteiger partial charge in [-0.2, -0.15) is 0 Å². The molecule has 1 aromatic rings. The van der Waals surface area contributed by atoms with E-state index in [0.29, 0.717) is 0 Å². The first kappa shape index (κ1) is 10.2. The van der Waals surface area contributed by atoms with E-state index in [1.54, 1.807) is 11.9 Å². The quantitative estimate of drug-likeness (QED) is 0.604. The first-order valence-corrected chi connectivity index (χ1v) is 4.89. The predicted octanol–water partition coefficient (Wildman–Crippen LogP) is 2.44. The predicted molar refractivity (Wildman–Crippen MR) is 62.8 cm³/mol. The van der Waals surface area contributed by atoms with E-state index in [0.717, 1.165) is 9.26 Å². The molecule has 0 saturated heterocycles. The van der Waals surface area contributed by atoms with Gasteiger partial charge in [-0.25, -0.2) is 0 Å². The molecule has 0 heterocycles. The lowest BCUT2D eigenvalue weighted by Crippen LogP contribution is -2.24. The maximum atomic E-state index is 11.3. The Bertz CT molecular complexity index is 335. The minimum atomic E-state index is -0.0934. The summed E-state index contributed by atoms with van der Waals surface area (Å²) in [5.41, 5.74) is 0.910. The molecule has 1 rings (SSSR count). The number of para-hydroxylation sites is 1. The second kappa shape index (κ2) is 4.41. The SMILES string of the molecule is C=CC(=O)N(C)c1ccccc1I. The summed E-state index contributed by atoms with van der Waals surface area (Å²) in [5, 5.41) is 0. The van der Waals surface area contributed by atoms with Gasteiger partial charge in [0.15, 0.2) is 0 Å². The molecule has 0 unspecified atom stereocenters. The number of hydrogen-bond donors (Lipinski definition) is 0. The Morgan fingerprint density at radius 1 is 1.54 bits per heavy atom. The van der Waals surface area contributed by atoms with Crippen LogP contribution >= 0.6 is 22.6 Å². The number of anilines is 1. The van der Waals surface area contributed by atoms with Gasteiger partial charge < -0.3 is 4.90 Å². The summed E-state index contributed by atoms with van der Waals surface area (Å²) >= 11 is 2.20. The van der Waals surface area contributed by atoms with Gasteiger partial charge in [-0.1, -0.05) is 18.7 Å². The number of rotatable bonds is 2. The monoisotopic (exact) mass is 287 g/mol. The van der Waals surface area contributed by atoms with Crippen LogP contribution in [0.1, 0.15) is 0 Å². The molecule has 0 aliphatic carbocycles. The molecule has 0 saturated carbocycles. The normalized spacial score (nSPS) is 9.38. The van der Waals surface area contributed by atoms with Crippen molar-refractivity contribution in [2.75, 3.05) is 11.9 Å². The molecule has 0 aromatic heterocycles. The van der Waals surface area contributed by atoms with Crippen molar-refractivity contribution in [3.05, 3.63) is 40.5 Å². The topological polar surface area (TPSA) is 20.3 Å². The minimum absolute atomic E-state index is 0.0934. The van der Waals surface area contributed by atoms with Crippen LogP contribution in [-0.2, 0) is 4.79 Å². The van der Waals surface area contributed by atoms with Crippen LogP contribution in [0.15, 0.2) is 36.9 Å². The molecule has 1 aromatic carbocycles. The molecular weight excluding hydrogens is 277 g/mol. The van der Waals surface area contributed by atoms with E-state index in [9.17, 15) is 4.79 Å². The Balaban J connectivity index is 3.01. The first-order chi connectivity index (χ1) is 6.16. The van der Waals surface area contributed by atoms with Crippen molar-refractivity contribution < 1.29 is 4.79 Å². The number of amides is 1. The number of likely N-dealkylation sites (N-methyl/N-ethyl adjacent to an activating group) is 1. The maximum Gasteiger partial charge on any atom is 0.250 e. The van der Waals surface area contributed by atoms with Crippen LogP contribution < -0.4 is 4.90 Å². The molecule has 2 nitrogen and oxygen atoms in total. The van der Waals surface area contributed by atoms with Crippen molar-refractivity contribution >= 4 is 34.2 Å². The molecule has 3 heteroatoms. The Kier molecular flexibility index (Phi) is 3.48. The molecule has 0 aliphatic rings. The largest absolute Gasteiger partial charge is 0.311 e. The zero-order valence-electron chi connectivity index (χ0n) is 7.33. The average Bonchev–Trinajstić information content (AvgIpc) is 2.16. The van der Waals surface area contributed by atoms with E-state index < -0.39 is 0 Å². The third-order valence-electron chi connectivity index (χ3n) is 1.72. The van der Waals surface area contributed by atoms with Gasteiger partial charge in [0.1, 0.15) is 0 Å². The van der Waals surface area contributed by atoms with Crippen LogP contribution in [0.5, 0.6) is 0 Å². The van der Waals surface area contributed by atoms with Crippen LogP contribution in [0.3, 0.4) is 0 Å². The van der Waals surface area contributed by atoms with Crippen molar-refractivity contribution in [3.63, 3.8) is 0 Å². The van der Waals surface area contributed by atoms with Crippen LogP contribution in [0, 0.1) is 3.57 Å². The molecule has 0 atom stereocenters. The maximum absolute atomic E-state index is 11.3. The van der Waals surface area contributed by atoms with Crippen LogP contribution in [0.25, 0.3) is 0 Å². The molecule has 13 heavy (non-hydrogen) atoms. The zero-order chi connectivity index (χ0) is 9.84. The average molecular weight is 287 g/mol. The number of hydrogen-bond acceptors (Lipinski definition) is 1. The van der Waals surface area contributed by atoms with Crippen LogP contribution in [0.2, 0.25) is 0 Å². The van der Waals surface area contributed by atoms with Crippen molar-refractivity contribution in [2.24, 2.45) is 0 Å². The highest BCUT2D eigenvalue weighted by Crippen LogP contribution is 2.20. The van der Waals surface area contributed by atoms with Gasteiger partial charge in [0.05, 0.1) is 5.69 Å². The van der Waals surface area contributed by atoms with Gasteiger partial charge in [0.2, 0.25) is 5.91 Å². The van der Waals surface area contributed by atoms with Crippen LogP contribution in [-0.4, -0.2) is 13.0 Å². The van der Waals surface area contributed by atoms with Crippen molar-refractivity contribution in [2.45, 2.75) is 0 Å². The molecule has 0 spiro atoms. The third-order valence-corrected chi connectivity index (χ3v) is 2.63. The summed E-state index contributed by atoms with van der Waals surface area (Å²) in [6, 6.07) is 7.72. The van der Waals surface area contributed by atoms with Gasteiger partial charge in [-0.3, -0.25) is 4.79 Å².